The first kappa shape index (κ1) is 30.0. The summed E-state index contributed by atoms with van der Waals surface area (Å²) in [4.78, 5) is 50.9. The van der Waals surface area contributed by atoms with Gasteiger partial charge in [0.15, 0.2) is 0 Å². The van der Waals surface area contributed by atoms with Gasteiger partial charge in [0.05, 0.1) is 23.4 Å². The van der Waals surface area contributed by atoms with Crippen LogP contribution in [0.15, 0.2) is 30.3 Å². The van der Waals surface area contributed by atoms with Crippen LogP contribution in [0.3, 0.4) is 0 Å². The molecule has 0 unspecified atom stereocenters. The molecule has 1 saturated heterocycles. The highest BCUT2D eigenvalue weighted by Gasteiger charge is 2.39. The van der Waals surface area contributed by atoms with Crippen LogP contribution in [0, 0.1) is 5.82 Å². The monoisotopic (exact) mass is 571 g/mol. The van der Waals surface area contributed by atoms with Gasteiger partial charge in [0.2, 0.25) is 0 Å². The van der Waals surface area contributed by atoms with E-state index in [1.807, 2.05) is 0 Å². The van der Waals surface area contributed by atoms with Gasteiger partial charge in [0.1, 0.15) is 23.2 Å². The molecule has 1 fully saturated rings. The summed E-state index contributed by atoms with van der Waals surface area (Å²) in [6.45, 7) is 3.46. The zero-order valence-electron chi connectivity index (χ0n) is 21.4. The van der Waals surface area contributed by atoms with Gasteiger partial charge in [-0.3, -0.25) is 10.1 Å². The number of rotatable bonds is 4. The number of carboxylic acid groups (broad SMARTS) is 2. The summed E-state index contributed by atoms with van der Waals surface area (Å²) >= 11 is 0. The lowest BCUT2D eigenvalue weighted by Crippen LogP contribution is -2.59. The van der Waals surface area contributed by atoms with Crippen molar-refractivity contribution in [2.45, 2.75) is 38.6 Å². The van der Waals surface area contributed by atoms with Crippen LogP contribution in [0.4, 0.5) is 32.8 Å². The van der Waals surface area contributed by atoms with Crippen molar-refractivity contribution in [3.8, 4) is 16.9 Å². The third-order valence-corrected chi connectivity index (χ3v) is 5.76. The number of hydrogen-bond donors (Lipinski definition) is 4. The molecule has 2 aromatic rings. The number of nitrogens with one attached hydrogen (secondary N) is 1. The van der Waals surface area contributed by atoms with Gasteiger partial charge in [0.25, 0.3) is 5.91 Å². The average molecular weight is 571 g/mol. The summed E-state index contributed by atoms with van der Waals surface area (Å²) in [5.74, 6) is -5.23. The van der Waals surface area contributed by atoms with Gasteiger partial charge < -0.3 is 29.9 Å². The Morgan fingerprint density at radius 2 is 1.68 bits per heavy atom. The molecule has 0 aliphatic carbocycles. The maximum atomic E-state index is 14.9. The molecule has 1 aliphatic heterocycles. The predicted molar refractivity (Wildman–Crippen MR) is 130 cm³/mol. The molecule has 40 heavy (non-hydrogen) atoms. The van der Waals surface area contributed by atoms with Crippen molar-refractivity contribution >= 4 is 29.8 Å². The van der Waals surface area contributed by atoms with Crippen molar-refractivity contribution in [2.75, 3.05) is 25.0 Å². The SMILES string of the molecule is CC(C)(C)OC(=O)Nc1ccc(-c2cc(O)cc(C(F)(F)F)c2F)cc1C(=O)N1CCN(C(=O)O)C[C@H]1C(=O)O. The summed E-state index contributed by atoms with van der Waals surface area (Å²) < 4.78 is 60.2. The van der Waals surface area contributed by atoms with E-state index in [0.29, 0.717) is 6.07 Å². The standard InChI is InChI=1S/C25H25F4N3O8/c1-24(2,3)40-22(37)30-17-5-4-12(14-9-13(33)10-16(19(14)26)25(27,28)29)8-15(17)20(34)32-7-6-31(23(38)39)11-18(32)21(35)36/h4-5,8-10,18,33H,6-7,11H2,1-3H3,(H,30,37)(H,35,36)(H,38,39)/t18-/m0/s1. The van der Waals surface area contributed by atoms with Gasteiger partial charge in [-0.25, -0.2) is 18.8 Å². The fourth-order valence-electron chi connectivity index (χ4n) is 4.00. The molecule has 3 amide bonds. The van der Waals surface area contributed by atoms with Gasteiger partial charge in [-0.15, -0.1) is 0 Å². The Morgan fingerprint density at radius 1 is 1.02 bits per heavy atom. The van der Waals surface area contributed by atoms with Crippen LogP contribution in [0.2, 0.25) is 0 Å². The summed E-state index contributed by atoms with van der Waals surface area (Å²) in [7, 11) is 0. The molecular weight excluding hydrogens is 546 g/mol. The summed E-state index contributed by atoms with van der Waals surface area (Å²) in [5.41, 5.74) is -4.46. The van der Waals surface area contributed by atoms with E-state index in [0.717, 1.165) is 28.0 Å². The number of benzene rings is 2. The first-order chi connectivity index (χ1) is 18.4. The number of ether oxygens (including phenoxy) is 1. The van der Waals surface area contributed by atoms with Gasteiger partial charge in [-0.1, -0.05) is 6.07 Å². The second kappa shape index (κ2) is 10.9. The summed E-state index contributed by atoms with van der Waals surface area (Å²) in [5, 5.41) is 31.1. The zero-order chi connectivity index (χ0) is 30.2. The molecule has 15 heteroatoms. The van der Waals surface area contributed by atoms with Gasteiger partial charge in [-0.05, 0) is 50.6 Å². The maximum absolute atomic E-state index is 14.9. The molecule has 0 saturated carbocycles. The van der Waals surface area contributed by atoms with Crippen molar-refractivity contribution in [3.63, 3.8) is 0 Å². The van der Waals surface area contributed by atoms with E-state index in [4.69, 9.17) is 4.74 Å². The smallest absolute Gasteiger partial charge is 0.419 e. The van der Waals surface area contributed by atoms with Gasteiger partial charge in [-0.2, -0.15) is 13.2 Å². The highest BCUT2D eigenvalue weighted by atomic mass is 19.4. The Balaban J connectivity index is 2.14. The molecule has 0 bridgehead atoms. The van der Waals surface area contributed by atoms with Gasteiger partial charge >= 0.3 is 24.3 Å². The topological polar surface area (TPSA) is 157 Å². The molecule has 0 spiro atoms. The number of halogens is 4. The molecule has 3 rings (SSSR count). The highest BCUT2D eigenvalue weighted by molar-refractivity contribution is 6.05. The number of carbonyl (C=O) groups is 4. The molecule has 216 valence electrons. The number of amides is 3. The Hall–Kier alpha value is -4.56. The van der Waals surface area contributed by atoms with Crippen molar-refractivity contribution in [2.24, 2.45) is 0 Å². The first-order valence-electron chi connectivity index (χ1n) is 11.6. The molecule has 11 nitrogen and oxygen atoms in total. The number of carboxylic acids is 1. The molecule has 1 atom stereocenters. The number of aliphatic carboxylic acids is 1. The second-order valence-electron chi connectivity index (χ2n) is 9.82. The van der Waals surface area contributed by atoms with Crippen LogP contribution in [0.1, 0.15) is 36.7 Å². The number of hydrogen-bond acceptors (Lipinski definition) is 6. The lowest BCUT2D eigenvalue weighted by Gasteiger charge is -2.38. The Morgan fingerprint density at radius 3 is 2.23 bits per heavy atom. The summed E-state index contributed by atoms with van der Waals surface area (Å²) in [6.07, 6.45) is -7.59. The number of nitrogens with zero attached hydrogens (tertiary/aromatic N) is 2. The third-order valence-electron chi connectivity index (χ3n) is 5.76. The highest BCUT2D eigenvalue weighted by Crippen LogP contribution is 2.39. The Bertz CT molecular complexity index is 1360. The number of phenolic OH excluding ortho intramolecular Hbond substituents is 1. The van der Waals surface area contributed by atoms with Crippen LogP contribution in [0.25, 0.3) is 11.1 Å². The fourth-order valence-corrected chi connectivity index (χ4v) is 4.00. The average Bonchev–Trinajstić information content (AvgIpc) is 2.82. The number of carbonyl (C=O) groups excluding carboxylic acids is 2. The van der Waals surface area contributed by atoms with E-state index in [1.165, 1.54) is 0 Å². The van der Waals surface area contributed by atoms with E-state index >= 15 is 0 Å². The minimum atomic E-state index is -5.16. The number of anilines is 1. The molecule has 0 aromatic heterocycles. The van der Waals surface area contributed by atoms with E-state index in [-0.39, 0.29) is 30.4 Å². The van der Waals surface area contributed by atoms with E-state index in [9.17, 15) is 52.1 Å². The van der Waals surface area contributed by atoms with Crippen molar-refractivity contribution in [3.05, 3.63) is 47.3 Å². The minimum absolute atomic E-state index is 0.197. The van der Waals surface area contributed by atoms with Crippen LogP contribution in [-0.2, 0) is 15.7 Å². The van der Waals surface area contributed by atoms with Gasteiger partial charge in [0, 0.05) is 18.7 Å². The second-order valence-corrected chi connectivity index (χ2v) is 9.82. The lowest BCUT2D eigenvalue weighted by molar-refractivity contribution is -0.144. The summed E-state index contributed by atoms with van der Waals surface area (Å²) in [6, 6.07) is 2.34. The quantitative estimate of drug-likeness (QED) is 0.392. The normalized spacial score (nSPS) is 15.9. The Kier molecular flexibility index (Phi) is 8.17. The van der Waals surface area contributed by atoms with Crippen LogP contribution < -0.4 is 5.32 Å². The van der Waals surface area contributed by atoms with Crippen molar-refractivity contribution < 1.29 is 56.8 Å². The molecule has 1 aliphatic rings. The van der Waals surface area contributed by atoms with E-state index < -0.39 is 76.7 Å². The molecule has 4 N–H and O–H groups in total. The third kappa shape index (κ3) is 6.71. The molecule has 2 aromatic carbocycles. The number of phenols is 1. The van der Waals surface area contributed by atoms with Crippen molar-refractivity contribution in [1.82, 2.24) is 9.80 Å². The maximum Gasteiger partial charge on any atom is 0.419 e. The largest absolute Gasteiger partial charge is 0.508 e. The lowest BCUT2D eigenvalue weighted by atomic mass is 9.97. The number of alkyl halides is 3. The molecular formula is C25H25F4N3O8. The minimum Gasteiger partial charge on any atom is -0.508 e. The number of piperazine rings is 1. The van der Waals surface area contributed by atoms with Crippen LogP contribution in [-0.4, -0.2) is 80.5 Å². The molecule has 0 radical (unpaired) electrons. The van der Waals surface area contributed by atoms with Crippen LogP contribution in [0.5, 0.6) is 5.75 Å². The fraction of sp³-hybridized carbons (Fsp3) is 0.360. The predicted octanol–water partition coefficient (Wildman–Crippen LogP) is 4.45. The van der Waals surface area contributed by atoms with Crippen molar-refractivity contribution in [1.29, 1.82) is 0 Å². The van der Waals surface area contributed by atoms with Crippen LogP contribution >= 0.6 is 0 Å². The molecule has 1 heterocycles. The zero-order valence-corrected chi connectivity index (χ0v) is 21.4. The Labute approximate surface area is 224 Å². The first-order valence-corrected chi connectivity index (χ1v) is 11.6. The number of aromatic hydroxyl groups is 1. The van der Waals surface area contributed by atoms with E-state index in [1.54, 1.807) is 20.8 Å². The van der Waals surface area contributed by atoms with E-state index in [2.05, 4.69) is 5.32 Å².